The van der Waals surface area contributed by atoms with E-state index in [1.165, 1.54) is 0 Å². The number of methoxy groups -OCH3 is 1. The van der Waals surface area contributed by atoms with E-state index < -0.39 is 0 Å². The summed E-state index contributed by atoms with van der Waals surface area (Å²) in [5.41, 5.74) is 2.60. The van der Waals surface area contributed by atoms with Crippen molar-refractivity contribution in [1.82, 2.24) is 14.7 Å². The first-order chi connectivity index (χ1) is 15.0. The minimum atomic E-state index is 0.115. The van der Waals surface area contributed by atoms with Crippen LogP contribution in [-0.4, -0.2) is 33.7 Å². The second-order valence-corrected chi connectivity index (χ2v) is 7.50. The van der Waals surface area contributed by atoms with Gasteiger partial charge in [0, 0.05) is 12.5 Å². The van der Waals surface area contributed by atoms with Crippen molar-refractivity contribution in [2.24, 2.45) is 0 Å². The van der Waals surface area contributed by atoms with Gasteiger partial charge in [-0.15, -0.1) is 0 Å². The molecular weight excluding hydrogens is 390 g/mol. The highest BCUT2D eigenvalue weighted by Gasteiger charge is 2.25. The van der Waals surface area contributed by atoms with Crippen molar-refractivity contribution in [3.05, 3.63) is 65.9 Å². The van der Waals surface area contributed by atoms with Crippen molar-refractivity contribution >= 4 is 5.91 Å². The van der Waals surface area contributed by atoms with Gasteiger partial charge in [0.05, 0.1) is 30.6 Å². The van der Waals surface area contributed by atoms with E-state index in [0.29, 0.717) is 30.3 Å². The number of aryl methyl sites for hydroxylation is 1. The molecule has 0 aliphatic rings. The number of ether oxygens (including phenoxy) is 2. The number of para-hydroxylation sites is 3. The van der Waals surface area contributed by atoms with Gasteiger partial charge in [0.1, 0.15) is 0 Å². The quantitative estimate of drug-likeness (QED) is 0.457. The third-order valence-electron chi connectivity index (χ3n) is 5.49. The fourth-order valence-electron chi connectivity index (χ4n) is 3.46. The van der Waals surface area contributed by atoms with Crippen LogP contribution in [0.15, 0.2) is 54.6 Å². The topological polar surface area (TPSA) is 56.6 Å². The number of nitrogens with zero attached hydrogens (tertiary/aromatic N) is 3. The van der Waals surface area contributed by atoms with Gasteiger partial charge >= 0.3 is 0 Å². The van der Waals surface area contributed by atoms with Crippen molar-refractivity contribution in [2.75, 3.05) is 7.11 Å². The third kappa shape index (κ3) is 4.90. The first-order valence-electron chi connectivity index (χ1n) is 10.7. The summed E-state index contributed by atoms with van der Waals surface area (Å²) in [4.78, 5) is 14.6. The second-order valence-electron chi connectivity index (χ2n) is 7.50. The van der Waals surface area contributed by atoms with E-state index in [2.05, 4.69) is 13.8 Å². The minimum Gasteiger partial charge on any atom is -0.493 e. The van der Waals surface area contributed by atoms with E-state index >= 15 is 0 Å². The van der Waals surface area contributed by atoms with Crippen molar-refractivity contribution in [1.29, 1.82) is 0 Å². The molecular formula is C25H31N3O3. The Hall–Kier alpha value is -3.28. The SMILES string of the molecule is CCC(=O)N(Cc1c(C)nn(-c2ccccc2)c1Oc1ccccc1OC)[C@H](C)CC. The lowest BCUT2D eigenvalue weighted by Gasteiger charge is -2.28. The largest absolute Gasteiger partial charge is 0.493 e. The summed E-state index contributed by atoms with van der Waals surface area (Å²) in [6.45, 7) is 8.45. The predicted octanol–water partition coefficient (Wildman–Crippen LogP) is 5.52. The van der Waals surface area contributed by atoms with Gasteiger partial charge in [-0.05, 0) is 44.5 Å². The fraction of sp³-hybridized carbons (Fsp3) is 0.360. The van der Waals surface area contributed by atoms with Gasteiger partial charge in [0.25, 0.3) is 0 Å². The summed E-state index contributed by atoms with van der Waals surface area (Å²) < 4.78 is 13.7. The van der Waals surface area contributed by atoms with Crippen LogP contribution in [0.5, 0.6) is 17.4 Å². The molecule has 0 unspecified atom stereocenters. The first-order valence-corrected chi connectivity index (χ1v) is 10.7. The molecule has 0 saturated carbocycles. The maximum atomic E-state index is 12.7. The average molecular weight is 422 g/mol. The van der Waals surface area contributed by atoms with Crippen LogP contribution in [0.25, 0.3) is 5.69 Å². The van der Waals surface area contributed by atoms with E-state index in [0.717, 1.165) is 23.4 Å². The van der Waals surface area contributed by atoms with Crippen LogP contribution in [0.3, 0.4) is 0 Å². The molecule has 1 heterocycles. The molecule has 3 aromatic rings. The molecule has 3 rings (SSSR count). The number of benzene rings is 2. The fourth-order valence-corrected chi connectivity index (χ4v) is 3.46. The zero-order valence-electron chi connectivity index (χ0n) is 19.0. The van der Waals surface area contributed by atoms with E-state index in [4.69, 9.17) is 14.6 Å². The Balaban J connectivity index is 2.12. The molecule has 1 atom stereocenters. The summed E-state index contributed by atoms with van der Waals surface area (Å²) in [6.07, 6.45) is 1.33. The molecule has 0 N–H and O–H groups in total. The zero-order valence-corrected chi connectivity index (χ0v) is 19.0. The summed E-state index contributed by atoms with van der Waals surface area (Å²) in [5, 5.41) is 4.77. The highest BCUT2D eigenvalue weighted by atomic mass is 16.5. The molecule has 0 bridgehead atoms. The number of amides is 1. The molecule has 0 spiro atoms. The molecule has 0 radical (unpaired) electrons. The van der Waals surface area contributed by atoms with Crippen LogP contribution < -0.4 is 9.47 Å². The second kappa shape index (κ2) is 10.2. The van der Waals surface area contributed by atoms with Gasteiger partial charge in [0.15, 0.2) is 11.5 Å². The minimum absolute atomic E-state index is 0.115. The summed E-state index contributed by atoms with van der Waals surface area (Å²) in [7, 11) is 1.62. The Bertz CT molecular complexity index is 1010. The number of carbonyl (C=O) groups excluding carboxylic acids is 1. The number of rotatable bonds is 9. The van der Waals surface area contributed by atoms with Gasteiger partial charge < -0.3 is 14.4 Å². The predicted molar refractivity (Wildman–Crippen MR) is 122 cm³/mol. The summed E-state index contributed by atoms with van der Waals surface area (Å²) in [5.74, 6) is 1.94. The van der Waals surface area contributed by atoms with Crippen LogP contribution >= 0.6 is 0 Å². The summed E-state index contributed by atoms with van der Waals surface area (Å²) in [6, 6.07) is 17.5. The van der Waals surface area contributed by atoms with E-state index in [1.54, 1.807) is 11.8 Å². The van der Waals surface area contributed by atoms with Crippen LogP contribution in [0.4, 0.5) is 0 Å². The molecule has 6 heteroatoms. The lowest BCUT2D eigenvalue weighted by molar-refractivity contribution is -0.133. The summed E-state index contributed by atoms with van der Waals surface area (Å²) >= 11 is 0. The number of hydrogen-bond acceptors (Lipinski definition) is 4. The molecule has 0 fully saturated rings. The first kappa shape index (κ1) is 22.4. The van der Waals surface area contributed by atoms with E-state index in [1.807, 2.05) is 73.3 Å². The van der Waals surface area contributed by atoms with E-state index in [-0.39, 0.29) is 11.9 Å². The standard InChI is InChI=1S/C25H31N3O3/c1-6-18(3)27(24(29)7-2)17-21-19(4)26-28(20-13-9-8-10-14-20)25(21)31-23-16-12-11-15-22(23)30-5/h8-16,18H,6-7,17H2,1-5H3/t18-/m1/s1. The molecule has 164 valence electrons. The smallest absolute Gasteiger partial charge is 0.228 e. The highest BCUT2D eigenvalue weighted by molar-refractivity contribution is 5.76. The molecule has 0 aliphatic carbocycles. The number of carbonyl (C=O) groups is 1. The van der Waals surface area contributed by atoms with Gasteiger partial charge in [-0.3, -0.25) is 4.79 Å². The molecule has 1 amide bonds. The van der Waals surface area contributed by atoms with Crippen LogP contribution in [0.2, 0.25) is 0 Å². The van der Waals surface area contributed by atoms with Gasteiger partial charge in [0.2, 0.25) is 11.8 Å². The van der Waals surface area contributed by atoms with Crippen molar-refractivity contribution in [3.63, 3.8) is 0 Å². The number of hydrogen-bond donors (Lipinski definition) is 0. The maximum absolute atomic E-state index is 12.7. The molecule has 6 nitrogen and oxygen atoms in total. The molecule has 2 aromatic carbocycles. The third-order valence-corrected chi connectivity index (χ3v) is 5.49. The van der Waals surface area contributed by atoms with Crippen LogP contribution in [-0.2, 0) is 11.3 Å². The molecule has 0 saturated heterocycles. The normalized spacial score (nSPS) is 11.8. The van der Waals surface area contributed by atoms with Gasteiger partial charge in [-0.2, -0.15) is 5.10 Å². The lowest BCUT2D eigenvalue weighted by atomic mass is 10.1. The van der Waals surface area contributed by atoms with Crippen molar-refractivity contribution in [3.8, 4) is 23.1 Å². The average Bonchev–Trinajstić information content (AvgIpc) is 3.12. The molecule has 1 aromatic heterocycles. The monoisotopic (exact) mass is 421 g/mol. The Morgan fingerprint density at radius 1 is 1.06 bits per heavy atom. The van der Waals surface area contributed by atoms with Gasteiger partial charge in [-0.25, -0.2) is 4.68 Å². The maximum Gasteiger partial charge on any atom is 0.228 e. The zero-order chi connectivity index (χ0) is 22.4. The Labute approximate surface area is 184 Å². The van der Waals surface area contributed by atoms with Crippen LogP contribution in [0, 0.1) is 6.92 Å². The number of aromatic nitrogens is 2. The Kier molecular flexibility index (Phi) is 7.34. The Morgan fingerprint density at radius 3 is 2.32 bits per heavy atom. The lowest BCUT2D eigenvalue weighted by Crippen LogP contribution is -2.37. The molecule has 0 aliphatic heterocycles. The van der Waals surface area contributed by atoms with Crippen LogP contribution in [0.1, 0.15) is 44.9 Å². The van der Waals surface area contributed by atoms with Crippen molar-refractivity contribution in [2.45, 2.75) is 53.1 Å². The Morgan fingerprint density at radius 2 is 1.71 bits per heavy atom. The van der Waals surface area contributed by atoms with Gasteiger partial charge in [-0.1, -0.05) is 44.2 Å². The van der Waals surface area contributed by atoms with E-state index in [9.17, 15) is 4.79 Å². The van der Waals surface area contributed by atoms with Crippen molar-refractivity contribution < 1.29 is 14.3 Å². The highest BCUT2D eigenvalue weighted by Crippen LogP contribution is 2.36. The molecule has 31 heavy (non-hydrogen) atoms.